The van der Waals surface area contributed by atoms with E-state index in [4.69, 9.17) is 4.74 Å². The summed E-state index contributed by atoms with van der Waals surface area (Å²) in [5, 5.41) is 22.0. The fraction of sp³-hybridized carbons (Fsp3) is 0.364. The molecule has 29 heavy (non-hydrogen) atoms. The van der Waals surface area contributed by atoms with Crippen LogP contribution in [0, 0.1) is 0 Å². The third kappa shape index (κ3) is 7.83. The molecule has 0 fully saturated rings. The summed E-state index contributed by atoms with van der Waals surface area (Å²) in [6, 6.07) is 16.5. The number of aliphatic hydroxyl groups is 1. The molecule has 2 aromatic carbocycles. The number of aliphatic hydroxyl groups excluding tert-OH is 1. The Bertz CT molecular complexity index is 817. The number of carbonyl (C=O) groups is 2. The molecular weight excluding hydrogens is 372 g/mol. The summed E-state index contributed by atoms with van der Waals surface area (Å²) in [5.41, 5.74) is 1.65. The van der Waals surface area contributed by atoms with E-state index in [1.807, 2.05) is 36.4 Å². The molecule has 7 heteroatoms. The average molecular weight is 400 g/mol. The number of nitrogens with zero attached hydrogens (tertiary/aromatic N) is 1. The number of benzene rings is 2. The van der Waals surface area contributed by atoms with Crippen LogP contribution in [0.4, 0.5) is 15.3 Å². The van der Waals surface area contributed by atoms with Crippen molar-refractivity contribution in [2.45, 2.75) is 52.0 Å². The van der Waals surface area contributed by atoms with Gasteiger partial charge in [-0.1, -0.05) is 42.5 Å². The van der Waals surface area contributed by atoms with Crippen LogP contribution in [0.5, 0.6) is 0 Å². The Hall–Kier alpha value is -3.06. The first-order valence-electron chi connectivity index (χ1n) is 9.45. The molecule has 0 saturated carbocycles. The second-order valence-corrected chi connectivity index (χ2v) is 7.72. The maximum atomic E-state index is 11.7. The number of nitrogens with one attached hydrogen (secondary N) is 1. The van der Waals surface area contributed by atoms with Gasteiger partial charge in [0, 0.05) is 5.69 Å². The third-order valence-electron chi connectivity index (χ3n) is 4.03. The Labute approximate surface area is 170 Å². The lowest BCUT2D eigenvalue weighted by molar-refractivity contribution is 0.0345. The van der Waals surface area contributed by atoms with Gasteiger partial charge >= 0.3 is 12.2 Å². The monoisotopic (exact) mass is 400 g/mol. The van der Waals surface area contributed by atoms with Crippen LogP contribution in [0.3, 0.4) is 0 Å². The topological polar surface area (TPSA) is 99.1 Å². The number of amides is 2. The molecule has 0 spiro atoms. The van der Waals surface area contributed by atoms with Gasteiger partial charge in [0.25, 0.3) is 0 Å². The minimum atomic E-state index is -1.06. The van der Waals surface area contributed by atoms with Crippen LogP contribution in [0.2, 0.25) is 0 Å². The zero-order valence-corrected chi connectivity index (χ0v) is 17.0. The number of alkyl carbamates (subject to hydrolysis) is 1. The summed E-state index contributed by atoms with van der Waals surface area (Å²) in [6.07, 6.45) is -2.05. The molecule has 0 radical (unpaired) electrons. The van der Waals surface area contributed by atoms with Crippen molar-refractivity contribution in [3.05, 3.63) is 65.7 Å². The molecule has 156 valence electrons. The van der Waals surface area contributed by atoms with Gasteiger partial charge in [0.05, 0.1) is 6.54 Å². The van der Waals surface area contributed by atoms with Crippen LogP contribution in [0.15, 0.2) is 54.6 Å². The van der Waals surface area contributed by atoms with Crippen LogP contribution < -0.4 is 10.2 Å². The van der Waals surface area contributed by atoms with Crippen molar-refractivity contribution in [1.82, 2.24) is 5.32 Å². The number of carboxylic acid groups (broad SMARTS) is 1. The van der Waals surface area contributed by atoms with Crippen LogP contribution in [-0.2, 0) is 17.7 Å². The fourth-order valence-electron chi connectivity index (χ4n) is 2.73. The van der Waals surface area contributed by atoms with Crippen molar-refractivity contribution in [2.24, 2.45) is 0 Å². The van der Waals surface area contributed by atoms with E-state index in [-0.39, 0.29) is 13.0 Å². The van der Waals surface area contributed by atoms with E-state index in [1.54, 1.807) is 39.0 Å². The molecule has 7 nitrogen and oxygen atoms in total. The summed E-state index contributed by atoms with van der Waals surface area (Å²) >= 11 is 0. The lowest BCUT2D eigenvalue weighted by atomic mass is 10.1. The molecule has 0 saturated heterocycles. The lowest BCUT2D eigenvalue weighted by Crippen LogP contribution is -2.39. The number of hydrogen-bond acceptors (Lipinski definition) is 4. The SMILES string of the molecule is CC(C)(C)OC(=O)NC(O)CCc1cccc(N(Cc2ccccc2)C(=O)O)c1. The number of anilines is 1. The van der Waals surface area contributed by atoms with Crippen LogP contribution in [-0.4, -0.2) is 34.2 Å². The Morgan fingerprint density at radius 2 is 1.72 bits per heavy atom. The van der Waals surface area contributed by atoms with Gasteiger partial charge < -0.3 is 14.9 Å². The maximum Gasteiger partial charge on any atom is 0.412 e. The first-order valence-corrected chi connectivity index (χ1v) is 9.45. The zero-order chi connectivity index (χ0) is 21.4. The van der Waals surface area contributed by atoms with Crippen molar-refractivity contribution in [3.63, 3.8) is 0 Å². The highest BCUT2D eigenvalue weighted by atomic mass is 16.6. The molecule has 1 atom stereocenters. The Balaban J connectivity index is 1.98. The summed E-state index contributed by atoms with van der Waals surface area (Å²) < 4.78 is 5.11. The lowest BCUT2D eigenvalue weighted by Gasteiger charge is -2.22. The van der Waals surface area contributed by atoms with Gasteiger partial charge in [-0.2, -0.15) is 0 Å². The summed E-state index contributed by atoms with van der Waals surface area (Å²) in [5.74, 6) is 0. The van der Waals surface area contributed by atoms with Crippen LogP contribution in [0.25, 0.3) is 0 Å². The van der Waals surface area contributed by atoms with E-state index in [9.17, 15) is 19.8 Å². The highest BCUT2D eigenvalue weighted by Crippen LogP contribution is 2.20. The van der Waals surface area contributed by atoms with Crippen LogP contribution in [0.1, 0.15) is 38.3 Å². The largest absolute Gasteiger partial charge is 0.465 e. The van der Waals surface area contributed by atoms with Crippen molar-refractivity contribution >= 4 is 17.9 Å². The predicted octanol–water partition coefficient (Wildman–Crippen LogP) is 4.15. The van der Waals surface area contributed by atoms with Crippen molar-refractivity contribution in [1.29, 1.82) is 0 Å². The van der Waals surface area contributed by atoms with E-state index in [2.05, 4.69) is 5.32 Å². The van der Waals surface area contributed by atoms with Gasteiger partial charge in [-0.25, -0.2) is 9.59 Å². The van der Waals surface area contributed by atoms with Gasteiger partial charge in [0.15, 0.2) is 0 Å². The van der Waals surface area contributed by atoms with Crippen molar-refractivity contribution in [2.75, 3.05) is 4.90 Å². The Kier molecular flexibility index (Phi) is 7.61. The number of ether oxygens (including phenoxy) is 1. The molecule has 2 rings (SSSR count). The predicted molar refractivity (Wildman–Crippen MR) is 111 cm³/mol. The van der Waals surface area contributed by atoms with Crippen molar-refractivity contribution in [3.8, 4) is 0 Å². The smallest absolute Gasteiger partial charge is 0.412 e. The minimum absolute atomic E-state index is 0.239. The van der Waals surface area contributed by atoms with Gasteiger partial charge in [0.2, 0.25) is 0 Å². The van der Waals surface area contributed by atoms with Crippen molar-refractivity contribution < 1.29 is 24.5 Å². The van der Waals surface area contributed by atoms with E-state index in [1.165, 1.54) is 4.90 Å². The Morgan fingerprint density at radius 3 is 2.34 bits per heavy atom. The highest BCUT2D eigenvalue weighted by molar-refractivity contribution is 5.86. The van der Waals surface area contributed by atoms with Crippen LogP contribution >= 0.6 is 0 Å². The standard InChI is InChI=1S/C22H28N2O5/c1-22(2,3)29-20(26)23-19(25)13-12-16-10-7-11-18(14-16)24(21(27)28)15-17-8-5-4-6-9-17/h4-11,14,19,25H,12-13,15H2,1-3H3,(H,23,26)(H,27,28). The summed E-state index contributed by atoms with van der Waals surface area (Å²) in [6.45, 7) is 5.47. The summed E-state index contributed by atoms with van der Waals surface area (Å²) in [7, 11) is 0. The molecule has 0 heterocycles. The first-order chi connectivity index (χ1) is 13.6. The van der Waals surface area contributed by atoms with E-state index < -0.39 is 24.0 Å². The fourth-order valence-corrected chi connectivity index (χ4v) is 2.73. The molecule has 1 unspecified atom stereocenters. The molecule has 0 aliphatic carbocycles. The van der Waals surface area contributed by atoms with Gasteiger partial charge in [0.1, 0.15) is 11.8 Å². The molecule has 0 aromatic heterocycles. The molecule has 0 aliphatic heterocycles. The second-order valence-electron chi connectivity index (χ2n) is 7.72. The minimum Gasteiger partial charge on any atom is -0.465 e. The van der Waals surface area contributed by atoms with E-state index >= 15 is 0 Å². The molecule has 0 bridgehead atoms. The Morgan fingerprint density at radius 1 is 1.07 bits per heavy atom. The second kappa shape index (κ2) is 9.93. The van der Waals surface area contributed by atoms with Gasteiger partial charge in [-0.3, -0.25) is 10.2 Å². The first kappa shape index (κ1) is 22.2. The summed E-state index contributed by atoms with van der Waals surface area (Å²) in [4.78, 5) is 24.7. The van der Waals surface area contributed by atoms with E-state index in [0.717, 1.165) is 11.1 Å². The number of aryl methyl sites for hydroxylation is 1. The molecule has 2 aromatic rings. The zero-order valence-electron chi connectivity index (χ0n) is 17.0. The van der Waals surface area contributed by atoms with Gasteiger partial charge in [-0.05, 0) is 56.9 Å². The number of rotatable bonds is 7. The quantitative estimate of drug-likeness (QED) is 0.607. The number of carbonyl (C=O) groups excluding carboxylic acids is 1. The van der Waals surface area contributed by atoms with Gasteiger partial charge in [-0.15, -0.1) is 0 Å². The number of hydrogen-bond donors (Lipinski definition) is 3. The molecule has 3 N–H and O–H groups in total. The van der Waals surface area contributed by atoms with E-state index in [0.29, 0.717) is 12.1 Å². The maximum absolute atomic E-state index is 11.7. The third-order valence-corrected chi connectivity index (χ3v) is 4.03. The normalized spacial score (nSPS) is 12.1. The molecule has 2 amide bonds. The molecule has 0 aliphatic rings. The average Bonchev–Trinajstić information content (AvgIpc) is 2.63. The molecular formula is C22H28N2O5. The highest BCUT2D eigenvalue weighted by Gasteiger charge is 2.19.